The number of unbranched alkanes of at least 4 members (excludes halogenated alkanes) is 1. The van der Waals surface area contributed by atoms with Crippen LogP contribution in [0.1, 0.15) is 35.8 Å². The highest BCUT2D eigenvalue weighted by molar-refractivity contribution is 6.31. The fourth-order valence-corrected chi connectivity index (χ4v) is 2.02. The summed E-state index contributed by atoms with van der Waals surface area (Å²) in [6, 6.07) is 7.27. The zero-order valence-corrected chi connectivity index (χ0v) is 13.4. The lowest BCUT2D eigenvalue weighted by atomic mass is 10.2. The summed E-state index contributed by atoms with van der Waals surface area (Å²) in [7, 11) is 0. The standard InChI is InChI=1S/C16H19ClN4O/c1-3-4-7-18-16(22)14-9-15(20-10-19-14)21-12-6-5-11(2)13(17)8-12/h5-6,8-10H,3-4,7H2,1-2H3,(H,18,22)(H,19,20,21). The maximum atomic E-state index is 12.0. The van der Waals surface area contributed by atoms with E-state index in [0.717, 1.165) is 24.1 Å². The van der Waals surface area contributed by atoms with Crippen molar-refractivity contribution >= 4 is 29.0 Å². The number of anilines is 2. The predicted molar refractivity (Wildman–Crippen MR) is 88.7 cm³/mol. The number of amides is 1. The molecule has 5 nitrogen and oxygen atoms in total. The second kappa shape index (κ2) is 7.75. The van der Waals surface area contributed by atoms with Gasteiger partial charge < -0.3 is 10.6 Å². The van der Waals surface area contributed by atoms with Gasteiger partial charge in [0.1, 0.15) is 17.8 Å². The van der Waals surface area contributed by atoms with Gasteiger partial charge in [-0.05, 0) is 31.0 Å². The van der Waals surface area contributed by atoms with Crippen LogP contribution in [-0.4, -0.2) is 22.4 Å². The van der Waals surface area contributed by atoms with Crippen molar-refractivity contribution in [1.82, 2.24) is 15.3 Å². The van der Waals surface area contributed by atoms with E-state index in [2.05, 4.69) is 27.5 Å². The van der Waals surface area contributed by atoms with Crippen LogP contribution in [0.2, 0.25) is 5.02 Å². The van der Waals surface area contributed by atoms with Crippen LogP contribution in [0.3, 0.4) is 0 Å². The summed E-state index contributed by atoms with van der Waals surface area (Å²) in [5.41, 5.74) is 2.16. The number of rotatable bonds is 6. The summed E-state index contributed by atoms with van der Waals surface area (Å²) in [6.07, 6.45) is 3.35. The smallest absolute Gasteiger partial charge is 0.270 e. The molecule has 6 heteroatoms. The predicted octanol–water partition coefficient (Wildman–Crippen LogP) is 3.71. The molecular formula is C16H19ClN4O. The van der Waals surface area contributed by atoms with Crippen LogP contribution < -0.4 is 10.6 Å². The molecule has 0 atom stereocenters. The third-order valence-corrected chi connectivity index (χ3v) is 3.57. The van der Waals surface area contributed by atoms with E-state index in [9.17, 15) is 4.79 Å². The van der Waals surface area contributed by atoms with Crippen molar-refractivity contribution in [3.05, 3.63) is 46.9 Å². The van der Waals surface area contributed by atoms with Crippen molar-refractivity contribution in [2.75, 3.05) is 11.9 Å². The summed E-state index contributed by atoms with van der Waals surface area (Å²) < 4.78 is 0. The quantitative estimate of drug-likeness (QED) is 0.797. The van der Waals surface area contributed by atoms with Crippen LogP contribution in [0.25, 0.3) is 0 Å². The van der Waals surface area contributed by atoms with Gasteiger partial charge >= 0.3 is 0 Å². The molecule has 0 aliphatic carbocycles. The van der Waals surface area contributed by atoms with Crippen molar-refractivity contribution in [3.8, 4) is 0 Å². The second-order valence-electron chi connectivity index (χ2n) is 4.99. The van der Waals surface area contributed by atoms with Gasteiger partial charge in [0.25, 0.3) is 5.91 Å². The third-order valence-electron chi connectivity index (χ3n) is 3.16. The van der Waals surface area contributed by atoms with Gasteiger partial charge in [-0.3, -0.25) is 4.79 Å². The molecule has 0 aliphatic heterocycles. The van der Waals surface area contributed by atoms with Crippen LogP contribution in [0, 0.1) is 6.92 Å². The monoisotopic (exact) mass is 318 g/mol. The molecule has 0 fully saturated rings. The normalized spacial score (nSPS) is 10.3. The second-order valence-corrected chi connectivity index (χ2v) is 5.39. The van der Waals surface area contributed by atoms with E-state index in [1.165, 1.54) is 6.33 Å². The molecule has 2 rings (SSSR count). The van der Waals surface area contributed by atoms with Crippen molar-refractivity contribution in [3.63, 3.8) is 0 Å². The van der Waals surface area contributed by atoms with Crippen molar-refractivity contribution in [2.24, 2.45) is 0 Å². The molecule has 1 aromatic heterocycles. The van der Waals surface area contributed by atoms with Gasteiger partial charge in [-0.15, -0.1) is 0 Å². The molecule has 0 spiro atoms. The number of aromatic nitrogens is 2. The number of benzene rings is 1. The summed E-state index contributed by atoms with van der Waals surface area (Å²) in [4.78, 5) is 20.1. The lowest BCUT2D eigenvalue weighted by molar-refractivity contribution is 0.0948. The molecule has 2 N–H and O–H groups in total. The fraction of sp³-hybridized carbons (Fsp3) is 0.312. The molecule has 1 aromatic carbocycles. The molecule has 0 unspecified atom stereocenters. The van der Waals surface area contributed by atoms with E-state index >= 15 is 0 Å². The number of hydrogen-bond acceptors (Lipinski definition) is 4. The number of hydrogen-bond donors (Lipinski definition) is 2. The lowest BCUT2D eigenvalue weighted by Crippen LogP contribution is -2.25. The van der Waals surface area contributed by atoms with Gasteiger partial charge in [0.2, 0.25) is 0 Å². The van der Waals surface area contributed by atoms with E-state index in [0.29, 0.717) is 23.1 Å². The Morgan fingerprint density at radius 1 is 1.27 bits per heavy atom. The minimum atomic E-state index is -0.194. The Bertz CT molecular complexity index is 660. The highest BCUT2D eigenvalue weighted by Crippen LogP contribution is 2.22. The van der Waals surface area contributed by atoms with Crippen LogP contribution in [0.5, 0.6) is 0 Å². The molecule has 0 aliphatic rings. The van der Waals surface area contributed by atoms with E-state index in [1.807, 2.05) is 25.1 Å². The van der Waals surface area contributed by atoms with Crippen molar-refractivity contribution < 1.29 is 4.79 Å². The summed E-state index contributed by atoms with van der Waals surface area (Å²) in [6.45, 7) is 4.66. The first-order valence-corrected chi connectivity index (χ1v) is 7.61. The summed E-state index contributed by atoms with van der Waals surface area (Å²) >= 11 is 6.10. The average Bonchev–Trinajstić information content (AvgIpc) is 2.51. The number of carbonyl (C=O) groups is 1. The van der Waals surface area contributed by atoms with Crippen LogP contribution in [-0.2, 0) is 0 Å². The number of nitrogens with zero attached hydrogens (tertiary/aromatic N) is 2. The Labute approximate surface area is 135 Å². The molecule has 0 saturated carbocycles. The van der Waals surface area contributed by atoms with Gasteiger partial charge in [0.15, 0.2) is 0 Å². The Hall–Kier alpha value is -2.14. The van der Waals surface area contributed by atoms with Gasteiger partial charge in [0, 0.05) is 23.3 Å². The Morgan fingerprint density at radius 2 is 2.09 bits per heavy atom. The van der Waals surface area contributed by atoms with Gasteiger partial charge in [-0.2, -0.15) is 0 Å². The Kier molecular flexibility index (Phi) is 5.72. The van der Waals surface area contributed by atoms with Crippen molar-refractivity contribution in [1.29, 1.82) is 0 Å². The minimum Gasteiger partial charge on any atom is -0.351 e. The lowest BCUT2D eigenvalue weighted by Gasteiger charge is -2.08. The van der Waals surface area contributed by atoms with Gasteiger partial charge in [0.05, 0.1) is 0 Å². The zero-order valence-electron chi connectivity index (χ0n) is 12.7. The van der Waals surface area contributed by atoms with Crippen LogP contribution >= 0.6 is 11.6 Å². The summed E-state index contributed by atoms with van der Waals surface area (Å²) in [5, 5.41) is 6.63. The van der Waals surface area contributed by atoms with Crippen LogP contribution in [0.15, 0.2) is 30.6 Å². The maximum Gasteiger partial charge on any atom is 0.270 e. The molecule has 1 heterocycles. The van der Waals surface area contributed by atoms with Crippen LogP contribution in [0.4, 0.5) is 11.5 Å². The highest BCUT2D eigenvalue weighted by atomic mass is 35.5. The topological polar surface area (TPSA) is 66.9 Å². The molecule has 2 aromatic rings. The molecule has 116 valence electrons. The zero-order chi connectivity index (χ0) is 15.9. The first-order valence-electron chi connectivity index (χ1n) is 7.23. The van der Waals surface area contributed by atoms with E-state index in [4.69, 9.17) is 11.6 Å². The molecule has 0 saturated heterocycles. The first kappa shape index (κ1) is 16.2. The molecule has 1 amide bonds. The Morgan fingerprint density at radius 3 is 2.82 bits per heavy atom. The fourth-order valence-electron chi connectivity index (χ4n) is 1.84. The van der Waals surface area contributed by atoms with E-state index in [1.54, 1.807) is 6.07 Å². The molecule has 22 heavy (non-hydrogen) atoms. The molecular weight excluding hydrogens is 300 g/mol. The number of carbonyl (C=O) groups excluding carboxylic acids is 1. The minimum absolute atomic E-state index is 0.194. The first-order chi connectivity index (χ1) is 10.6. The summed E-state index contributed by atoms with van der Waals surface area (Å²) in [5.74, 6) is 0.358. The third kappa shape index (κ3) is 4.43. The van der Waals surface area contributed by atoms with Gasteiger partial charge in [-0.1, -0.05) is 31.0 Å². The Balaban J connectivity index is 2.07. The maximum absolute atomic E-state index is 12.0. The number of nitrogens with one attached hydrogen (secondary N) is 2. The van der Waals surface area contributed by atoms with Crippen molar-refractivity contribution in [2.45, 2.75) is 26.7 Å². The molecule has 0 radical (unpaired) electrons. The number of aryl methyl sites for hydroxylation is 1. The highest BCUT2D eigenvalue weighted by Gasteiger charge is 2.08. The average molecular weight is 319 g/mol. The SMILES string of the molecule is CCCCNC(=O)c1cc(Nc2ccc(C)c(Cl)c2)ncn1. The van der Waals surface area contributed by atoms with E-state index < -0.39 is 0 Å². The molecule has 0 bridgehead atoms. The van der Waals surface area contributed by atoms with E-state index in [-0.39, 0.29) is 5.91 Å². The van der Waals surface area contributed by atoms with Gasteiger partial charge in [-0.25, -0.2) is 9.97 Å². The largest absolute Gasteiger partial charge is 0.351 e. The number of halogens is 1.